The fourth-order valence-electron chi connectivity index (χ4n) is 2.57. The lowest BCUT2D eigenvalue weighted by atomic mass is 10.2. The second-order valence-corrected chi connectivity index (χ2v) is 5.28. The van der Waals surface area contributed by atoms with Gasteiger partial charge in [0.25, 0.3) is 0 Å². The van der Waals surface area contributed by atoms with Crippen molar-refractivity contribution in [3.63, 3.8) is 0 Å². The molecular formula is C16H22N4O. The number of anilines is 1. The van der Waals surface area contributed by atoms with Gasteiger partial charge in [-0.1, -0.05) is 0 Å². The van der Waals surface area contributed by atoms with Gasteiger partial charge in [-0.25, -0.2) is 4.98 Å². The lowest BCUT2D eigenvalue weighted by Crippen LogP contribution is -2.43. The third-order valence-corrected chi connectivity index (χ3v) is 3.83. The van der Waals surface area contributed by atoms with E-state index in [0.717, 1.165) is 44.2 Å². The summed E-state index contributed by atoms with van der Waals surface area (Å²) in [4.78, 5) is 6.69. The summed E-state index contributed by atoms with van der Waals surface area (Å²) in [6.45, 7) is 4.90. The van der Waals surface area contributed by atoms with E-state index < -0.39 is 0 Å². The van der Waals surface area contributed by atoms with E-state index in [9.17, 15) is 0 Å². The van der Waals surface area contributed by atoms with Crippen LogP contribution in [0, 0.1) is 0 Å². The average Bonchev–Trinajstić information content (AvgIpc) is 2.94. The van der Waals surface area contributed by atoms with E-state index in [2.05, 4.69) is 39.5 Å². The van der Waals surface area contributed by atoms with Crippen LogP contribution in [0.2, 0.25) is 0 Å². The predicted molar refractivity (Wildman–Crippen MR) is 83.9 cm³/mol. The van der Waals surface area contributed by atoms with Crippen molar-refractivity contribution in [1.82, 2.24) is 14.9 Å². The average molecular weight is 286 g/mol. The zero-order valence-electron chi connectivity index (χ0n) is 12.5. The van der Waals surface area contributed by atoms with Crippen LogP contribution in [0.4, 0.5) is 5.69 Å². The fourth-order valence-corrected chi connectivity index (χ4v) is 2.57. The van der Waals surface area contributed by atoms with Gasteiger partial charge in [0, 0.05) is 57.7 Å². The predicted octanol–water partition coefficient (Wildman–Crippen LogP) is 1.45. The minimum absolute atomic E-state index is 0.651. The first-order valence-electron chi connectivity index (χ1n) is 7.48. The van der Waals surface area contributed by atoms with Gasteiger partial charge in [-0.05, 0) is 24.3 Å². The zero-order chi connectivity index (χ0) is 14.5. The highest BCUT2D eigenvalue weighted by molar-refractivity contribution is 5.49. The molecule has 1 aromatic carbocycles. The van der Waals surface area contributed by atoms with Crippen LogP contribution in [0.1, 0.15) is 5.82 Å². The third-order valence-electron chi connectivity index (χ3n) is 3.83. The van der Waals surface area contributed by atoms with Crippen LogP contribution >= 0.6 is 0 Å². The number of imidazole rings is 1. The van der Waals surface area contributed by atoms with Crippen molar-refractivity contribution < 1.29 is 4.74 Å². The topological polar surface area (TPSA) is 42.3 Å². The second-order valence-electron chi connectivity index (χ2n) is 5.28. The van der Waals surface area contributed by atoms with E-state index in [1.807, 2.05) is 24.0 Å². The first-order valence-corrected chi connectivity index (χ1v) is 7.48. The SMILES string of the molecule is Cn1ccnc1CCOc1ccc(N2CCNCC2)cc1. The van der Waals surface area contributed by atoms with Crippen molar-refractivity contribution >= 4 is 5.69 Å². The van der Waals surface area contributed by atoms with Gasteiger partial charge in [-0.2, -0.15) is 0 Å². The monoisotopic (exact) mass is 286 g/mol. The highest BCUT2D eigenvalue weighted by Gasteiger charge is 2.10. The van der Waals surface area contributed by atoms with E-state index in [-0.39, 0.29) is 0 Å². The molecule has 112 valence electrons. The van der Waals surface area contributed by atoms with Gasteiger partial charge >= 0.3 is 0 Å². The Bertz CT molecular complexity index is 558. The highest BCUT2D eigenvalue weighted by atomic mass is 16.5. The van der Waals surface area contributed by atoms with Gasteiger partial charge in [0.2, 0.25) is 0 Å². The number of rotatable bonds is 5. The first-order chi connectivity index (χ1) is 10.3. The minimum atomic E-state index is 0.651. The maximum absolute atomic E-state index is 5.79. The molecular weight excluding hydrogens is 264 g/mol. The molecule has 0 aliphatic carbocycles. The Morgan fingerprint density at radius 2 is 1.95 bits per heavy atom. The van der Waals surface area contributed by atoms with Crippen molar-refractivity contribution in [3.05, 3.63) is 42.5 Å². The van der Waals surface area contributed by atoms with Crippen LogP contribution in [0.3, 0.4) is 0 Å². The summed E-state index contributed by atoms with van der Waals surface area (Å²) >= 11 is 0. The maximum Gasteiger partial charge on any atom is 0.119 e. The molecule has 0 radical (unpaired) electrons. The molecule has 0 saturated carbocycles. The van der Waals surface area contributed by atoms with E-state index in [0.29, 0.717) is 6.61 Å². The van der Waals surface area contributed by atoms with Crippen molar-refractivity contribution in [3.8, 4) is 5.75 Å². The molecule has 1 fully saturated rings. The Morgan fingerprint density at radius 3 is 2.62 bits per heavy atom. The molecule has 5 nitrogen and oxygen atoms in total. The molecule has 1 aliphatic rings. The molecule has 0 amide bonds. The van der Waals surface area contributed by atoms with Crippen molar-refractivity contribution in [2.45, 2.75) is 6.42 Å². The summed E-state index contributed by atoms with van der Waals surface area (Å²) in [5, 5.41) is 3.37. The van der Waals surface area contributed by atoms with Gasteiger partial charge in [0.05, 0.1) is 6.61 Å². The summed E-state index contributed by atoms with van der Waals surface area (Å²) in [7, 11) is 2.00. The number of ether oxygens (including phenoxy) is 1. The van der Waals surface area contributed by atoms with Crippen LogP contribution in [0.25, 0.3) is 0 Å². The quantitative estimate of drug-likeness (QED) is 0.903. The number of nitrogens with one attached hydrogen (secondary N) is 1. The number of nitrogens with zero attached hydrogens (tertiary/aromatic N) is 3. The number of benzene rings is 1. The molecule has 0 unspecified atom stereocenters. The van der Waals surface area contributed by atoms with Crippen LogP contribution in [0.15, 0.2) is 36.7 Å². The van der Waals surface area contributed by atoms with Gasteiger partial charge < -0.3 is 19.5 Å². The Labute approximate surface area is 125 Å². The molecule has 5 heteroatoms. The van der Waals surface area contributed by atoms with E-state index >= 15 is 0 Å². The molecule has 1 N–H and O–H groups in total. The van der Waals surface area contributed by atoms with Gasteiger partial charge in [0.1, 0.15) is 11.6 Å². The Kier molecular flexibility index (Phi) is 4.40. The summed E-state index contributed by atoms with van der Waals surface area (Å²) in [6.07, 6.45) is 4.60. The molecule has 0 spiro atoms. The normalized spacial score (nSPS) is 15.2. The third kappa shape index (κ3) is 3.55. The van der Waals surface area contributed by atoms with Crippen LogP contribution in [0.5, 0.6) is 5.75 Å². The molecule has 1 aromatic heterocycles. The number of aromatic nitrogens is 2. The molecule has 2 heterocycles. The van der Waals surface area contributed by atoms with Crippen molar-refractivity contribution in [2.24, 2.45) is 7.05 Å². The molecule has 1 aliphatic heterocycles. The molecule has 21 heavy (non-hydrogen) atoms. The number of aryl methyl sites for hydroxylation is 1. The summed E-state index contributed by atoms with van der Waals surface area (Å²) in [5.74, 6) is 1.97. The van der Waals surface area contributed by atoms with Crippen molar-refractivity contribution in [2.75, 3.05) is 37.7 Å². The first kappa shape index (κ1) is 13.9. The van der Waals surface area contributed by atoms with Crippen LogP contribution in [-0.4, -0.2) is 42.3 Å². The summed E-state index contributed by atoms with van der Waals surface area (Å²) < 4.78 is 7.82. The number of hydrogen-bond donors (Lipinski definition) is 1. The smallest absolute Gasteiger partial charge is 0.119 e. The molecule has 0 atom stereocenters. The molecule has 2 aromatic rings. The standard InChI is InChI=1S/C16H22N4O/c1-19-10-9-18-16(19)6-13-21-15-4-2-14(3-5-15)20-11-7-17-8-12-20/h2-5,9-10,17H,6-8,11-13H2,1H3. The largest absolute Gasteiger partial charge is 0.493 e. The second kappa shape index (κ2) is 6.63. The molecule has 3 rings (SSSR count). The number of hydrogen-bond acceptors (Lipinski definition) is 4. The summed E-state index contributed by atoms with van der Waals surface area (Å²) in [5.41, 5.74) is 1.27. The molecule has 0 bridgehead atoms. The Hall–Kier alpha value is -2.01. The van der Waals surface area contributed by atoms with Gasteiger partial charge in [-0.3, -0.25) is 0 Å². The van der Waals surface area contributed by atoms with E-state index in [1.165, 1.54) is 5.69 Å². The lowest BCUT2D eigenvalue weighted by Gasteiger charge is -2.29. The van der Waals surface area contributed by atoms with Crippen LogP contribution < -0.4 is 15.0 Å². The van der Waals surface area contributed by atoms with Gasteiger partial charge in [-0.15, -0.1) is 0 Å². The zero-order valence-corrected chi connectivity index (χ0v) is 12.5. The maximum atomic E-state index is 5.79. The highest BCUT2D eigenvalue weighted by Crippen LogP contribution is 2.19. The fraction of sp³-hybridized carbons (Fsp3) is 0.438. The summed E-state index contributed by atoms with van der Waals surface area (Å²) in [6, 6.07) is 8.38. The van der Waals surface area contributed by atoms with Gasteiger partial charge in [0.15, 0.2) is 0 Å². The Balaban J connectivity index is 1.51. The van der Waals surface area contributed by atoms with Crippen LogP contribution in [-0.2, 0) is 13.5 Å². The van der Waals surface area contributed by atoms with E-state index in [1.54, 1.807) is 0 Å². The Morgan fingerprint density at radius 1 is 1.19 bits per heavy atom. The van der Waals surface area contributed by atoms with E-state index in [4.69, 9.17) is 4.74 Å². The minimum Gasteiger partial charge on any atom is -0.493 e. The van der Waals surface area contributed by atoms with Crippen molar-refractivity contribution in [1.29, 1.82) is 0 Å². The lowest BCUT2D eigenvalue weighted by molar-refractivity contribution is 0.317. The molecule has 1 saturated heterocycles. The number of piperazine rings is 1.